The molecule has 28 heavy (non-hydrogen) atoms. The number of rotatable bonds is 4. The Morgan fingerprint density at radius 2 is 1.89 bits per heavy atom. The Bertz CT molecular complexity index is 951. The lowest BCUT2D eigenvalue weighted by Crippen LogP contribution is -2.48. The lowest BCUT2D eigenvalue weighted by atomic mass is 10.1. The number of nitrogens with zero attached hydrogens (tertiary/aromatic N) is 4. The molecule has 1 aliphatic heterocycles. The van der Waals surface area contributed by atoms with Gasteiger partial charge in [-0.3, -0.25) is 14.7 Å². The van der Waals surface area contributed by atoms with Gasteiger partial charge in [0.15, 0.2) is 11.5 Å². The first-order valence-electron chi connectivity index (χ1n) is 8.93. The number of aromatic nitrogens is 2. The first-order chi connectivity index (χ1) is 13.6. The van der Waals surface area contributed by atoms with E-state index in [4.69, 9.17) is 16.1 Å². The minimum atomic E-state index is -0.308. The van der Waals surface area contributed by atoms with E-state index < -0.39 is 0 Å². The number of piperazine rings is 1. The Morgan fingerprint density at radius 1 is 1.14 bits per heavy atom. The standard InChI is InChI=1S/C20H18ClFN4O2/c21-16-2-1-3-17(22)15(16)13-25-8-10-26(11-9-25)20(27)18-12-19(28-24-18)14-4-6-23-7-5-14/h1-7,12H,8-11,13H2. The smallest absolute Gasteiger partial charge is 0.276 e. The van der Waals surface area contributed by atoms with E-state index in [1.807, 2.05) is 0 Å². The normalized spacial score (nSPS) is 15.0. The van der Waals surface area contributed by atoms with Gasteiger partial charge in [-0.1, -0.05) is 22.8 Å². The largest absolute Gasteiger partial charge is 0.355 e. The molecule has 1 amide bonds. The van der Waals surface area contributed by atoms with E-state index in [9.17, 15) is 9.18 Å². The first-order valence-corrected chi connectivity index (χ1v) is 9.31. The van der Waals surface area contributed by atoms with Gasteiger partial charge in [-0.2, -0.15) is 0 Å². The Hall–Kier alpha value is -2.77. The van der Waals surface area contributed by atoms with E-state index in [1.165, 1.54) is 6.07 Å². The maximum atomic E-state index is 14.0. The van der Waals surface area contributed by atoms with Gasteiger partial charge in [0.1, 0.15) is 5.82 Å². The number of benzene rings is 1. The van der Waals surface area contributed by atoms with Crippen molar-refractivity contribution in [3.63, 3.8) is 0 Å². The van der Waals surface area contributed by atoms with Crippen LogP contribution in [0.1, 0.15) is 16.1 Å². The van der Waals surface area contributed by atoms with Crippen LogP contribution in [-0.2, 0) is 6.54 Å². The van der Waals surface area contributed by atoms with Crippen molar-refractivity contribution in [2.45, 2.75) is 6.54 Å². The summed E-state index contributed by atoms with van der Waals surface area (Å²) in [4.78, 5) is 20.5. The van der Waals surface area contributed by atoms with E-state index in [-0.39, 0.29) is 17.4 Å². The van der Waals surface area contributed by atoms with Crippen molar-refractivity contribution in [2.75, 3.05) is 26.2 Å². The molecular formula is C20H18ClFN4O2. The van der Waals surface area contributed by atoms with Crippen LogP contribution in [0.25, 0.3) is 11.3 Å². The number of hydrogen-bond donors (Lipinski definition) is 0. The quantitative estimate of drug-likeness (QED) is 0.671. The molecule has 1 aromatic carbocycles. The van der Waals surface area contributed by atoms with Crippen LogP contribution in [-0.4, -0.2) is 52.0 Å². The third-order valence-corrected chi connectivity index (χ3v) is 5.15. The summed E-state index contributed by atoms with van der Waals surface area (Å²) in [7, 11) is 0. The third-order valence-electron chi connectivity index (χ3n) is 4.80. The molecule has 0 atom stereocenters. The zero-order valence-corrected chi connectivity index (χ0v) is 15.8. The van der Waals surface area contributed by atoms with E-state index in [0.29, 0.717) is 49.1 Å². The molecule has 0 bridgehead atoms. The lowest BCUT2D eigenvalue weighted by molar-refractivity contribution is 0.0617. The van der Waals surface area contributed by atoms with Crippen LogP contribution >= 0.6 is 11.6 Å². The van der Waals surface area contributed by atoms with Gasteiger partial charge in [0.05, 0.1) is 0 Å². The highest BCUT2D eigenvalue weighted by molar-refractivity contribution is 6.31. The Morgan fingerprint density at radius 3 is 2.61 bits per heavy atom. The lowest BCUT2D eigenvalue weighted by Gasteiger charge is -2.34. The van der Waals surface area contributed by atoms with Gasteiger partial charge in [-0.15, -0.1) is 0 Å². The summed E-state index contributed by atoms with van der Waals surface area (Å²) in [6.07, 6.45) is 3.31. The predicted molar refractivity (Wildman–Crippen MR) is 102 cm³/mol. The average Bonchev–Trinajstić information content (AvgIpc) is 3.22. The molecule has 4 rings (SSSR count). The van der Waals surface area contributed by atoms with Gasteiger partial charge in [0.25, 0.3) is 5.91 Å². The summed E-state index contributed by atoms with van der Waals surface area (Å²) < 4.78 is 19.3. The summed E-state index contributed by atoms with van der Waals surface area (Å²) in [5, 5.41) is 4.33. The molecule has 2 aromatic heterocycles. The summed E-state index contributed by atoms with van der Waals surface area (Å²) in [6.45, 7) is 2.74. The van der Waals surface area contributed by atoms with Crippen molar-refractivity contribution in [1.29, 1.82) is 0 Å². The maximum Gasteiger partial charge on any atom is 0.276 e. The third kappa shape index (κ3) is 3.90. The Balaban J connectivity index is 1.37. The Kier molecular flexibility index (Phi) is 5.36. The monoisotopic (exact) mass is 400 g/mol. The number of hydrogen-bond acceptors (Lipinski definition) is 5. The number of pyridine rings is 1. The number of halogens is 2. The van der Waals surface area contributed by atoms with Crippen LogP contribution in [0.3, 0.4) is 0 Å². The SMILES string of the molecule is O=C(c1cc(-c2ccncc2)on1)N1CCN(Cc2c(F)cccc2Cl)CC1. The second-order valence-electron chi connectivity index (χ2n) is 6.58. The van der Waals surface area contributed by atoms with E-state index in [0.717, 1.165) is 5.56 Å². The van der Waals surface area contributed by atoms with Crippen molar-refractivity contribution in [1.82, 2.24) is 19.9 Å². The fourth-order valence-corrected chi connectivity index (χ4v) is 3.43. The second-order valence-corrected chi connectivity index (χ2v) is 6.99. The number of amides is 1. The topological polar surface area (TPSA) is 62.5 Å². The molecule has 0 N–H and O–H groups in total. The maximum absolute atomic E-state index is 14.0. The summed E-state index contributed by atoms with van der Waals surface area (Å²) in [5.74, 6) is 0.0449. The highest BCUT2D eigenvalue weighted by Crippen LogP contribution is 2.23. The van der Waals surface area contributed by atoms with Crippen molar-refractivity contribution in [2.24, 2.45) is 0 Å². The molecule has 1 saturated heterocycles. The van der Waals surface area contributed by atoms with Crippen LogP contribution in [0.5, 0.6) is 0 Å². The van der Waals surface area contributed by atoms with Crippen LogP contribution in [0.15, 0.2) is 53.3 Å². The molecule has 8 heteroatoms. The van der Waals surface area contributed by atoms with Crippen molar-refractivity contribution in [3.8, 4) is 11.3 Å². The van der Waals surface area contributed by atoms with Crippen LogP contribution in [0, 0.1) is 5.82 Å². The molecule has 0 aliphatic carbocycles. The zero-order chi connectivity index (χ0) is 19.5. The second kappa shape index (κ2) is 8.08. The van der Waals surface area contributed by atoms with Gasteiger partial charge < -0.3 is 9.42 Å². The van der Waals surface area contributed by atoms with Crippen LogP contribution in [0.4, 0.5) is 4.39 Å². The summed E-state index contributed by atoms with van der Waals surface area (Å²) in [6, 6.07) is 9.92. The zero-order valence-electron chi connectivity index (χ0n) is 15.0. The predicted octanol–water partition coefficient (Wildman–Crippen LogP) is 3.49. The molecule has 6 nitrogen and oxygen atoms in total. The van der Waals surface area contributed by atoms with E-state index >= 15 is 0 Å². The number of carbonyl (C=O) groups excluding carboxylic acids is 1. The summed E-state index contributed by atoms with van der Waals surface area (Å²) in [5.41, 5.74) is 1.58. The molecule has 0 saturated carbocycles. The van der Waals surface area contributed by atoms with Gasteiger partial charge in [-0.05, 0) is 24.3 Å². The van der Waals surface area contributed by atoms with Gasteiger partial charge >= 0.3 is 0 Å². The van der Waals surface area contributed by atoms with E-state index in [2.05, 4.69) is 15.0 Å². The van der Waals surface area contributed by atoms with E-state index in [1.54, 1.807) is 47.6 Å². The van der Waals surface area contributed by atoms with Gasteiger partial charge in [0.2, 0.25) is 0 Å². The molecule has 144 valence electrons. The molecule has 3 heterocycles. The fourth-order valence-electron chi connectivity index (χ4n) is 3.21. The summed E-state index contributed by atoms with van der Waals surface area (Å²) >= 11 is 6.11. The molecule has 0 unspecified atom stereocenters. The van der Waals surface area contributed by atoms with Crippen molar-refractivity contribution in [3.05, 3.63) is 70.9 Å². The highest BCUT2D eigenvalue weighted by atomic mass is 35.5. The first kappa shape index (κ1) is 18.6. The molecular weight excluding hydrogens is 383 g/mol. The number of carbonyl (C=O) groups is 1. The van der Waals surface area contributed by atoms with Gasteiger partial charge in [0, 0.05) is 67.3 Å². The van der Waals surface area contributed by atoms with Crippen molar-refractivity contribution < 1.29 is 13.7 Å². The van der Waals surface area contributed by atoms with Crippen LogP contribution < -0.4 is 0 Å². The van der Waals surface area contributed by atoms with Crippen LogP contribution in [0.2, 0.25) is 5.02 Å². The van der Waals surface area contributed by atoms with Crippen molar-refractivity contribution >= 4 is 17.5 Å². The molecule has 1 fully saturated rings. The fraction of sp³-hybridized carbons (Fsp3) is 0.250. The van der Waals surface area contributed by atoms with Gasteiger partial charge in [-0.25, -0.2) is 4.39 Å². The highest BCUT2D eigenvalue weighted by Gasteiger charge is 2.25. The Labute approximate surface area is 166 Å². The minimum absolute atomic E-state index is 0.173. The molecule has 3 aromatic rings. The average molecular weight is 401 g/mol. The molecule has 0 spiro atoms. The molecule has 0 radical (unpaired) electrons. The minimum Gasteiger partial charge on any atom is -0.355 e. The molecule has 1 aliphatic rings.